The maximum absolute atomic E-state index is 12.5. The Hall–Kier alpha value is -8.76. The molecule has 12 nitrogen and oxygen atoms in total. The summed E-state index contributed by atoms with van der Waals surface area (Å²) in [4.78, 5) is 30.3. The molecule has 0 atom stereocenters. The van der Waals surface area contributed by atoms with Crippen LogP contribution in [0.5, 0.6) is 11.8 Å². The lowest BCUT2D eigenvalue weighted by Gasteiger charge is -2.14. The number of rotatable bonds is 2. The Morgan fingerprint density at radius 3 is 1.29 bits per heavy atom. The van der Waals surface area contributed by atoms with Crippen molar-refractivity contribution in [3.8, 4) is 17.8 Å². The Labute approximate surface area is 543 Å². The first-order valence-corrected chi connectivity index (χ1v) is 27.7. The monoisotopic (exact) mass is 1380 g/mol. The normalized spacial score (nSPS) is 10.7. The van der Waals surface area contributed by atoms with E-state index in [-0.39, 0.29) is 16.7 Å². The van der Waals surface area contributed by atoms with Crippen LogP contribution in [0.2, 0.25) is 10.3 Å². The molecule has 8 heterocycles. The van der Waals surface area contributed by atoms with Gasteiger partial charge in [-0.25, -0.2) is 9.97 Å². The molecule has 8 aromatic heterocycles. The summed E-state index contributed by atoms with van der Waals surface area (Å²) in [6, 6.07) is 12.9. The first-order valence-electron chi connectivity index (χ1n) is 26.9. The van der Waals surface area contributed by atoms with E-state index in [0.29, 0.717) is 73.0 Å². The number of nitriles is 1. The number of nitrogens with zero attached hydrogens (tertiary/aromatic N) is 10. The molecule has 0 aliphatic rings. The molecule has 94 heavy (non-hydrogen) atoms. The van der Waals surface area contributed by atoms with Gasteiger partial charge >= 0.3 is 24.7 Å². The third kappa shape index (κ3) is 26.3. The average Bonchev–Trinajstić information content (AvgIpc) is 0.967. The molecule has 0 spiro atoms. The number of alkyl halides is 12. The van der Waals surface area contributed by atoms with E-state index >= 15 is 0 Å². The van der Waals surface area contributed by atoms with Crippen LogP contribution in [0.3, 0.4) is 0 Å². The van der Waals surface area contributed by atoms with E-state index in [2.05, 4.69) is 44.7 Å². The predicted molar refractivity (Wildman–Crippen MR) is 324 cm³/mol. The van der Waals surface area contributed by atoms with Gasteiger partial charge in [-0.2, -0.15) is 90.5 Å². The summed E-state index contributed by atoms with van der Waals surface area (Å²) in [6.07, 6.45) is -16.0. The summed E-state index contributed by atoms with van der Waals surface area (Å²) in [5, 5.41) is 9.50. The third-order valence-corrected chi connectivity index (χ3v) is 14.0. The van der Waals surface area contributed by atoms with Crippen LogP contribution in [0.4, 0.5) is 76.1 Å². The molecular weight excluding hydrogens is 1320 g/mol. The molecule has 0 bridgehead atoms. The van der Waals surface area contributed by atoms with E-state index in [1.54, 1.807) is 80.9 Å². The van der Waals surface area contributed by atoms with Gasteiger partial charge in [0.2, 0.25) is 41.2 Å². The molecule has 0 fully saturated rings. The van der Waals surface area contributed by atoms with Gasteiger partial charge < -0.3 is 14.3 Å². The summed E-state index contributed by atoms with van der Waals surface area (Å²) in [7, 11) is 3.20. The Kier molecular flexibility index (Phi) is 31.9. The highest BCUT2D eigenvalue weighted by Gasteiger charge is 2.40. The molecule has 0 unspecified atom stereocenters. The average molecular weight is 1380 g/mol. The highest BCUT2D eigenvalue weighted by Crippen LogP contribution is 2.36. The van der Waals surface area contributed by atoms with Gasteiger partial charge in [0.05, 0.1) is 14.2 Å². The summed E-state index contributed by atoms with van der Waals surface area (Å²) >= 11 is 11.4. The van der Waals surface area contributed by atoms with Crippen molar-refractivity contribution in [2.45, 2.75) is 135 Å². The zero-order chi connectivity index (χ0) is 72.9. The number of methoxy groups -OCH3 is 2. The number of aromatic nitrogens is 8. The molecule has 0 radical (unpaired) electrons. The number of hydrogen-bond acceptors (Lipinski definition) is 11. The van der Waals surface area contributed by atoms with Crippen molar-refractivity contribution in [2.24, 2.45) is 0 Å². The van der Waals surface area contributed by atoms with Crippen molar-refractivity contribution < 1.29 is 79.7 Å². The number of halogens is 18. The lowest BCUT2D eigenvalue weighted by atomic mass is 10.1. The van der Waals surface area contributed by atoms with Crippen molar-refractivity contribution in [2.75, 3.05) is 14.2 Å². The van der Waals surface area contributed by atoms with Gasteiger partial charge in [0, 0.05) is 41.2 Å². The van der Waals surface area contributed by atoms with Gasteiger partial charge in [0.1, 0.15) is 39.2 Å². The quantitative estimate of drug-likeness (QED) is 0.0924. The van der Waals surface area contributed by atoms with Gasteiger partial charge in [0.15, 0.2) is 0 Å². The second-order valence-corrected chi connectivity index (χ2v) is 20.9. The Balaban J connectivity index is 0.000000539. The number of hydrogen-bond donors (Lipinski definition) is 0. The van der Waals surface area contributed by atoms with Gasteiger partial charge in [-0.05, 0) is 214 Å². The largest absolute Gasteiger partial charge is 0.481 e. The van der Waals surface area contributed by atoms with Crippen molar-refractivity contribution in [1.82, 2.24) is 39.9 Å². The first-order chi connectivity index (χ1) is 43.1. The highest BCUT2D eigenvalue weighted by atomic mass is 35.5. The molecule has 0 saturated heterocycles. The molecule has 0 N–H and O–H groups in total. The summed E-state index contributed by atoms with van der Waals surface area (Å²) in [6.45, 7) is 33.4. The van der Waals surface area contributed by atoms with E-state index in [9.17, 15) is 70.2 Å². The van der Waals surface area contributed by atoms with Gasteiger partial charge in [-0.3, -0.25) is 9.97 Å². The zero-order valence-corrected chi connectivity index (χ0v) is 55.4. The fourth-order valence-electron chi connectivity index (χ4n) is 6.70. The zero-order valence-electron chi connectivity index (χ0n) is 53.9. The SMILES string of the molecule is COc1cc(C)c(C)c(OC)n1.Cc1cc(C(F)(F)F)nc(C(F)(F)F)c1C.Cc1cc(Cl)nc(Cl)c1C.Cc1cc(F)nc(F)c1C.Cc1cc(F)nc(F)c1C.Cc1ccnc(C(F)(F)F)c1C.Cc1cnc(C(F)(F)F)cc1C.[C-]#[N+]c1nc(C#N)cc(C)c1C. The maximum atomic E-state index is 12.5. The molecule has 0 saturated carbocycles. The van der Waals surface area contributed by atoms with Gasteiger partial charge in [-0.15, -0.1) is 4.98 Å². The van der Waals surface area contributed by atoms with Crippen LogP contribution >= 0.6 is 23.2 Å². The van der Waals surface area contributed by atoms with Crippen LogP contribution in [0, 0.1) is 152 Å². The fraction of sp³-hybridized carbons (Fsp3) is 0.344. The van der Waals surface area contributed by atoms with Crippen molar-refractivity contribution in [3.63, 3.8) is 0 Å². The number of pyridine rings is 8. The van der Waals surface area contributed by atoms with Crippen LogP contribution in [0.25, 0.3) is 4.85 Å². The Morgan fingerprint density at radius 1 is 0.436 bits per heavy atom. The Morgan fingerprint density at radius 2 is 0.883 bits per heavy atom. The molecular formula is C64H64Cl2F16N10O2. The molecule has 0 aliphatic heterocycles. The van der Waals surface area contributed by atoms with Gasteiger partial charge in [0.25, 0.3) is 5.82 Å². The van der Waals surface area contributed by atoms with Crippen molar-refractivity contribution in [3.05, 3.63) is 224 Å². The van der Waals surface area contributed by atoms with Crippen molar-refractivity contribution >= 4 is 29.0 Å². The predicted octanol–water partition coefficient (Wildman–Crippen LogP) is 20.0. The maximum Gasteiger partial charge on any atom is 0.433 e. The van der Waals surface area contributed by atoms with E-state index in [4.69, 9.17) is 44.5 Å². The minimum Gasteiger partial charge on any atom is -0.481 e. The molecule has 8 aromatic rings. The minimum atomic E-state index is -4.88. The molecule has 0 amide bonds. The summed E-state index contributed by atoms with van der Waals surface area (Å²) < 4.78 is 206. The topological polar surface area (TPSA) is 150 Å². The molecule has 508 valence electrons. The lowest BCUT2D eigenvalue weighted by molar-refractivity contribution is -0.150. The highest BCUT2D eigenvalue weighted by molar-refractivity contribution is 6.33. The van der Waals surface area contributed by atoms with Crippen LogP contribution in [-0.2, 0) is 24.7 Å². The van der Waals surface area contributed by atoms with Gasteiger partial charge in [-0.1, -0.05) is 35.3 Å². The fourth-order valence-corrected chi connectivity index (χ4v) is 7.23. The van der Waals surface area contributed by atoms with Crippen molar-refractivity contribution in [1.29, 1.82) is 5.26 Å². The van der Waals surface area contributed by atoms with E-state index < -0.39 is 71.3 Å². The smallest absolute Gasteiger partial charge is 0.433 e. The summed E-state index contributed by atoms with van der Waals surface area (Å²) in [5.74, 6) is -1.43. The van der Waals surface area contributed by atoms with Crippen LogP contribution in [0.1, 0.15) is 117 Å². The molecule has 0 aromatic carbocycles. The van der Waals surface area contributed by atoms with Crippen LogP contribution < -0.4 is 9.47 Å². The third-order valence-electron chi connectivity index (χ3n) is 13.4. The standard InChI is InChI=1S/C9H7F6N.C9H7N3.C9H13NO2.2C8H8F3N.C7H7Cl2N.2C7H7F2N/c1-4-3-6(8(10,11)12)16-7(5(4)2)9(13,14)15;1-6-4-8(5-10)12-9(11-3)7(6)2;1-6-5-8(11-3)10-9(12-4)7(6)2;1-5-3-7(8(9,10)11)12-4-6(5)2;1-5-3-4-12-7(6(5)2)8(9,10)11;3*1-4-3-6(8)10-7(9)5(4)2/h3H,1-2H3;4H,1-2H3;5H,1-4H3;2*3-4H,1-2H3;3*3H,1-2H3. The van der Waals surface area contributed by atoms with E-state index in [1.165, 1.54) is 38.4 Å². The lowest BCUT2D eigenvalue weighted by Crippen LogP contribution is -2.17. The number of aryl methyl sites for hydroxylation is 9. The van der Waals surface area contributed by atoms with Crippen LogP contribution in [-0.4, -0.2) is 54.1 Å². The van der Waals surface area contributed by atoms with E-state index in [0.717, 1.165) is 51.9 Å². The first kappa shape index (κ1) is 83.3. The second kappa shape index (κ2) is 36.1. The molecule has 0 aliphatic carbocycles. The van der Waals surface area contributed by atoms with E-state index in [1.807, 2.05) is 53.7 Å². The molecule has 8 rings (SSSR count). The van der Waals surface area contributed by atoms with Crippen LogP contribution in [0.15, 0.2) is 60.9 Å². The second-order valence-electron chi connectivity index (χ2n) is 20.2. The minimum absolute atomic E-state index is 0.0883. The summed E-state index contributed by atoms with van der Waals surface area (Å²) in [5.41, 5.74) is 5.50. The molecule has 30 heteroatoms. The number of ether oxygens (including phenoxy) is 2. The Bertz CT molecular complexity index is 3780.